The molecule has 0 aliphatic carbocycles. The molecule has 2 N–H and O–H groups in total. The summed E-state index contributed by atoms with van der Waals surface area (Å²) in [5, 5.41) is 11.7. The minimum Gasteiger partial charge on any atom is -0.481 e. The topological polar surface area (TPSA) is 58.6 Å². The zero-order chi connectivity index (χ0) is 8.97. The van der Waals surface area contributed by atoms with Gasteiger partial charge in [-0.25, -0.2) is 0 Å². The molecule has 1 fully saturated rings. The van der Waals surface area contributed by atoms with Gasteiger partial charge in [0.1, 0.15) is 0 Å². The van der Waals surface area contributed by atoms with Gasteiger partial charge in [-0.15, -0.1) is 0 Å². The number of hydrogen-bond donors (Lipinski definition) is 2. The molecule has 0 unspecified atom stereocenters. The number of ether oxygens (including phenoxy) is 1. The fourth-order valence-corrected chi connectivity index (χ4v) is 1.39. The van der Waals surface area contributed by atoms with Gasteiger partial charge in [0.25, 0.3) is 0 Å². The van der Waals surface area contributed by atoms with E-state index in [9.17, 15) is 4.79 Å². The van der Waals surface area contributed by atoms with Crippen LogP contribution in [0.5, 0.6) is 0 Å². The number of carboxylic acids is 1. The van der Waals surface area contributed by atoms with Gasteiger partial charge in [-0.2, -0.15) is 0 Å². The third kappa shape index (κ3) is 2.79. The van der Waals surface area contributed by atoms with Gasteiger partial charge in [-0.1, -0.05) is 0 Å². The Morgan fingerprint density at radius 3 is 3.08 bits per heavy atom. The Labute approximate surface area is 71.9 Å². The number of carboxylic acid groups (broad SMARTS) is 1. The average molecular weight is 173 g/mol. The van der Waals surface area contributed by atoms with Crippen molar-refractivity contribution in [2.75, 3.05) is 13.2 Å². The highest BCUT2D eigenvalue weighted by atomic mass is 16.5. The van der Waals surface area contributed by atoms with Crippen LogP contribution in [0.1, 0.15) is 19.8 Å². The zero-order valence-electron chi connectivity index (χ0n) is 7.25. The second-order valence-corrected chi connectivity index (χ2v) is 3.07. The minimum atomic E-state index is -0.741. The molecule has 0 saturated carbocycles. The summed E-state index contributed by atoms with van der Waals surface area (Å²) in [5.41, 5.74) is 0. The largest absolute Gasteiger partial charge is 0.481 e. The van der Waals surface area contributed by atoms with Gasteiger partial charge in [0.2, 0.25) is 0 Å². The summed E-state index contributed by atoms with van der Waals surface area (Å²) in [4.78, 5) is 10.3. The molecule has 0 amide bonds. The number of carbonyl (C=O) groups is 1. The first kappa shape index (κ1) is 9.48. The SMILES string of the molecule is C[C@@H]1OCCN[C@H]1CCC(=O)O. The molecular weight excluding hydrogens is 158 g/mol. The van der Waals surface area contributed by atoms with E-state index in [4.69, 9.17) is 9.84 Å². The molecule has 0 aromatic carbocycles. The summed E-state index contributed by atoms with van der Waals surface area (Å²) in [5.74, 6) is -0.741. The molecule has 4 heteroatoms. The zero-order valence-corrected chi connectivity index (χ0v) is 7.25. The molecule has 0 bridgehead atoms. The fourth-order valence-electron chi connectivity index (χ4n) is 1.39. The fraction of sp³-hybridized carbons (Fsp3) is 0.875. The van der Waals surface area contributed by atoms with Crippen LogP contribution in [0.4, 0.5) is 0 Å². The van der Waals surface area contributed by atoms with Crippen LogP contribution in [0.3, 0.4) is 0 Å². The van der Waals surface area contributed by atoms with Gasteiger partial charge in [0.05, 0.1) is 12.7 Å². The van der Waals surface area contributed by atoms with Gasteiger partial charge < -0.3 is 15.2 Å². The second kappa shape index (κ2) is 4.42. The predicted molar refractivity (Wildman–Crippen MR) is 44.1 cm³/mol. The molecule has 0 spiro atoms. The van der Waals surface area contributed by atoms with Crippen molar-refractivity contribution >= 4 is 5.97 Å². The summed E-state index contributed by atoms with van der Waals surface area (Å²) in [6.45, 7) is 3.53. The Morgan fingerprint density at radius 1 is 1.75 bits per heavy atom. The summed E-state index contributed by atoms with van der Waals surface area (Å²) in [7, 11) is 0. The molecule has 1 aliphatic rings. The van der Waals surface area contributed by atoms with Gasteiger partial charge in [0.15, 0.2) is 0 Å². The number of aliphatic carboxylic acids is 1. The maximum Gasteiger partial charge on any atom is 0.303 e. The molecule has 70 valence electrons. The van der Waals surface area contributed by atoms with Gasteiger partial charge >= 0.3 is 5.97 Å². The van der Waals surface area contributed by atoms with Crippen LogP contribution >= 0.6 is 0 Å². The summed E-state index contributed by atoms with van der Waals surface area (Å²) in [6, 6.07) is 0.204. The highest BCUT2D eigenvalue weighted by Crippen LogP contribution is 2.09. The Bertz CT molecular complexity index is 160. The first-order valence-electron chi connectivity index (χ1n) is 4.27. The maximum absolute atomic E-state index is 10.3. The third-order valence-corrected chi connectivity index (χ3v) is 2.13. The summed E-state index contributed by atoms with van der Waals surface area (Å²) < 4.78 is 5.37. The van der Waals surface area contributed by atoms with Crippen molar-refractivity contribution in [3.8, 4) is 0 Å². The molecule has 1 heterocycles. The predicted octanol–water partition coefficient (Wildman–Crippen LogP) is 0.228. The monoisotopic (exact) mass is 173 g/mol. The number of nitrogens with one attached hydrogen (secondary N) is 1. The van der Waals surface area contributed by atoms with Gasteiger partial charge in [0, 0.05) is 19.0 Å². The van der Waals surface area contributed by atoms with Crippen molar-refractivity contribution < 1.29 is 14.6 Å². The van der Waals surface area contributed by atoms with E-state index < -0.39 is 5.97 Å². The molecular formula is C8H15NO3. The Balaban J connectivity index is 2.24. The number of morpholine rings is 1. The van der Waals surface area contributed by atoms with Crippen LogP contribution in [0.25, 0.3) is 0 Å². The van der Waals surface area contributed by atoms with Crippen LogP contribution in [0.15, 0.2) is 0 Å². The van der Waals surface area contributed by atoms with E-state index in [1.54, 1.807) is 0 Å². The first-order valence-corrected chi connectivity index (χ1v) is 4.27. The van der Waals surface area contributed by atoms with Gasteiger partial charge in [-0.05, 0) is 13.3 Å². The Kier molecular flexibility index (Phi) is 3.49. The molecule has 0 aromatic rings. The lowest BCUT2D eigenvalue weighted by Crippen LogP contribution is -2.47. The van der Waals surface area contributed by atoms with E-state index in [-0.39, 0.29) is 18.6 Å². The summed E-state index contributed by atoms with van der Waals surface area (Å²) in [6.07, 6.45) is 1.00. The van der Waals surface area contributed by atoms with E-state index in [1.165, 1.54) is 0 Å². The maximum atomic E-state index is 10.3. The van der Waals surface area contributed by atoms with Crippen LogP contribution < -0.4 is 5.32 Å². The lowest BCUT2D eigenvalue weighted by molar-refractivity contribution is -0.137. The van der Waals surface area contributed by atoms with Crippen molar-refractivity contribution in [2.24, 2.45) is 0 Å². The Morgan fingerprint density at radius 2 is 2.50 bits per heavy atom. The van der Waals surface area contributed by atoms with E-state index in [2.05, 4.69) is 5.32 Å². The number of rotatable bonds is 3. The highest BCUT2D eigenvalue weighted by molar-refractivity contribution is 5.66. The molecule has 12 heavy (non-hydrogen) atoms. The standard InChI is InChI=1S/C8H15NO3/c1-6-7(2-3-8(10)11)9-4-5-12-6/h6-7,9H,2-5H2,1H3,(H,10,11)/t6-,7-/m0/s1. The second-order valence-electron chi connectivity index (χ2n) is 3.07. The molecule has 2 atom stereocenters. The van der Waals surface area contributed by atoms with Crippen molar-refractivity contribution in [1.82, 2.24) is 5.32 Å². The Hall–Kier alpha value is -0.610. The molecule has 0 radical (unpaired) electrons. The van der Waals surface area contributed by atoms with Crippen LogP contribution in [-0.2, 0) is 9.53 Å². The third-order valence-electron chi connectivity index (χ3n) is 2.13. The van der Waals surface area contributed by atoms with E-state index >= 15 is 0 Å². The highest BCUT2D eigenvalue weighted by Gasteiger charge is 2.21. The van der Waals surface area contributed by atoms with Crippen LogP contribution in [-0.4, -0.2) is 36.4 Å². The van der Waals surface area contributed by atoms with E-state index in [0.29, 0.717) is 6.42 Å². The van der Waals surface area contributed by atoms with Crippen molar-refractivity contribution in [1.29, 1.82) is 0 Å². The average Bonchev–Trinajstić information content (AvgIpc) is 2.03. The molecule has 4 nitrogen and oxygen atoms in total. The minimum absolute atomic E-state index is 0.137. The van der Waals surface area contributed by atoms with Crippen LogP contribution in [0.2, 0.25) is 0 Å². The summed E-state index contributed by atoms with van der Waals surface area (Å²) >= 11 is 0. The molecule has 1 rings (SSSR count). The van der Waals surface area contributed by atoms with E-state index in [0.717, 1.165) is 13.2 Å². The smallest absolute Gasteiger partial charge is 0.303 e. The normalized spacial score (nSPS) is 30.1. The van der Waals surface area contributed by atoms with Crippen LogP contribution in [0, 0.1) is 0 Å². The van der Waals surface area contributed by atoms with Crippen molar-refractivity contribution in [2.45, 2.75) is 31.9 Å². The molecule has 1 saturated heterocycles. The lowest BCUT2D eigenvalue weighted by atomic mass is 10.1. The van der Waals surface area contributed by atoms with Crippen molar-refractivity contribution in [3.05, 3.63) is 0 Å². The van der Waals surface area contributed by atoms with Crippen molar-refractivity contribution in [3.63, 3.8) is 0 Å². The first-order chi connectivity index (χ1) is 5.70. The molecule has 1 aliphatic heterocycles. The number of hydrogen-bond acceptors (Lipinski definition) is 3. The van der Waals surface area contributed by atoms with E-state index in [1.807, 2.05) is 6.92 Å². The lowest BCUT2D eigenvalue weighted by Gasteiger charge is -2.29. The van der Waals surface area contributed by atoms with Gasteiger partial charge in [-0.3, -0.25) is 4.79 Å². The molecule has 0 aromatic heterocycles. The quantitative estimate of drug-likeness (QED) is 0.641.